The highest BCUT2D eigenvalue weighted by Gasteiger charge is 2.21. The summed E-state index contributed by atoms with van der Waals surface area (Å²) in [6.07, 6.45) is 2.17. The van der Waals surface area contributed by atoms with Crippen LogP contribution in [0.25, 0.3) is 16.3 Å². The number of aromatic nitrogens is 2. The maximum atomic E-state index is 12.8. The second-order valence-electron chi connectivity index (χ2n) is 7.40. The molecule has 0 radical (unpaired) electrons. The highest BCUT2D eigenvalue weighted by Crippen LogP contribution is 2.26. The first-order valence-electron chi connectivity index (χ1n) is 10.5. The summed E-state index contributed by atoms with van der Waals surface area (Å²) >= 11 is 1.53. The van der Waals surface area contributed by atoms with Gasteiger partial charge in [-0.1, -0.05) is 24.3 Å². The molecule has 0 bridgehead atoms. The van der Waals surface area contributed by atoms with E-state index < -0.39 is 5.97 Å². The lowest BCUT2D eigenvalue weighted by Crippen LogP contribution is -2.33. The number of thiophene rings is 1. The molecule has 3 aromatic rings. The first kappa shape index (κ1) is 21.8. The van der Waals surface area contributed by atoms with E-state index in [1.807, 2.05) is 52.7 Å². The highest BCUT2D eigenvalue weighted by atomic mass is 32.1. The molecule has 1 aromatic carbocycles. The maximum Gasteiger partial charge on any atom is 0.357 e. The summed E-state index contributed by atoms with van der Waals surface area (Å²) in [7, 11) is 0. The van der Waals surface area contributed by atoms with Gasteiger partial charge >= 0.3 is 5.97 Å². The second-order valence-corrected chi connectivity index (χ2v) is 8.35. The first-order valence-corrected chi connectivity index (χ1v) is 11.4. The number of ether oxygens (including phenoxy) is 1. The van der Waals surface area contributed by atoms with Crippen LogP contribution in [-0.2, 0) is 14.3 Å². The van der Waals surface area contributed by atoms with Crippen molar-refractivity contribution in [1.29, 1.82) is 0 Å². The summed E-state index contributed by atoms with van der Waals surface area (Å²) < 4.78 is 6.79. The molecule has 9 heteroatoms. The van der Waals surface area contributed by atoms with Crippen LogP contribution in [0.3, 0.4) is 0 Å². The van der Waals surface area contributed by atoms with Gasteiger partial charge in [0, 0.05) is 32.1 Å². The highest BCUT2D eigenvalue weighted by molar-refractivity contribution is 7.13. The molecule has 1 saturated heterocycles. The van der Waals surface area contributed by atoms with Crippen molar-refractivity contribution in [2.24, 2.45) is 0 Å². The third-order valence-corrected chi connectivity index (χ3v) is 6.02. The Bertz CT molecular complexity index is 1080. The molecule has 3 heterocycles. The largest absolute Gasteiger partial charge is 0.451 e. The fourth-order valence-corrected chi connectivity index (χ4v) is 4.21. The molecule has 4 rings (SSSR count). The fraction of sp³-hybridized carbons (Fsp3) is 0.304. The van der Waals surface area contributed by atoms with E-state index in [1.54, 1.807) is 6.07 Å². The van der Waals surface area contributed by atoms with Crippen LogP contribution in [0.15, 0.2) is 53.9 Å². The molecule has 2 aromatic heterocycles. The number of para-hydroxylation sites is 1. The number of carbonyl (C=O) groups is 3. The molecule has 166 valence electrons. The molecule has 2 amide bonds. The summed E-state index contributed by atoms with van der Waals surface area (Å²) in [5.74, 6) is -0.834. The van der Waals surface area contributed by atoms with Crippen LogP contribution in [0.2, 0.25) is 0 Å². The Morgan fingerprint density at radius 3 is 2.72 bits per heavy atom. The Morgan fingerprint density at radius 2 is 2.00 bits per heavy atom. The monoisotopic (exact) mass is 452 g/mol. The molecule has 0 aliphatic carbocycles. The van der Waals surface area contributed by atoms with Crippen LogP contribution in [-0.4, -0.2) is 58.7 Å². The molecular weight excluding hydrogens is 428 g/mol. The minimum absolute atomic E-state index is 0.169. The normalized spacial score (nSPS) is 13.4. The van der Waals surface area contributed by atoms with Crippen molar-refractivity contribution >= 4 is 29.1 Å². The van der Waals surface area contributed by atoms with Crippen molar-refractivity contribution < 1.29 is 19.1 Å². The number of hydrogen-bond acceptors (Lipinski definition) is 6. The smallest absolute Gasteiger partial charge is 0.357 e. The third kappa shape index (κ3) is 5.23. The number of nitrogens with one attached hydrogen (secondary N) is 1. The number of nitrogens with zero attached hydrogens (tertiary/aromatic N) is 3. The Kier molecular flexibility index (Phi) is 6.96. The standard InChI is InChI=1S/C23H24N4O4S/c28-21(24-11-6-13-26-12-4-10-22(26)29)16-31-23(30)19-15-18(20-9-5-14-32-20)25-27(19)17-7-2-1-3-8-17/h1-3,5,7-9,14-15H,4,6,10-13,16H2,(H,24,28). The minimum Gasteiger partial charge on any atom is -0.451 e. The first-order chi connectivity index (χ1) is 15.6. The van der Waals surface area contributed by atoms with Crippen LogP contribution in [0.5, 0.6) is 0 Å². The summed E-state index contributed by atoms with van der Waals surface area (Å²) in [5, 5.41) is 9.24. The fourth-order valence-electron chi connectivity index (χ4n) is 3.53. The SMILES string of the molecule is O=C(COC(=O)c1cc(-c2cccs2)nn1-c1ccccc1)NCCCN1CCCC1=O. The van der Waals surface area contributed by atoms with Gasteiger partial charge in [-0.2, -0.15) is 5.10 Å². The van der Waals surface area contributed by atoms with Crippen LogP contribution < -0.4 is 5.32 Å². The van der Waals surface area contributed by atoms with E-state index in [0.29, 0.717) is 31.6 Å². The van der Waals surface area contributed by atoms with Crippen molar-refractivity contribution in [3.63, 3.8) is 0 Å². The van der Waals surface area contributed by atoms with Crippen molar-refractivity contribution in [3.8, 4) is 16.3 Å². The van der Waals surface area contributed by atoms with Gasteiger partial charge in [0.05, 0.1) is 10.6 Å². The molecule has 0 spiro atoms. The molecular formula is C23H24N4O4S. The van der Waals surface area contributed by atoms with Crippen LogP contribution in [0.1, 0.15) is 29.8 Å². The van der Waals surface area contributed by atoms with Gasteiger partial charge in [0.2, 0.25) is 5.91 Å². The van der Waals surface area contributed by atoms with Gasteiger partial charge < -0.3 is 15.0 Å². The minimum atomic E-state index is -0.623. The topological polar surface area (TPSA) is 93.5 Å². The Hall–Kier alpha value is -3.46. The van der Waals surface area contributed by atoms with E-state index in [-0.39, 0.29) is 24.1 Å². The lowest BCUT2D eigenvalue weighted by molar-refractivity contribution is -0.127. The molecule has 8 nitrogen and oxygen atoms in total. The number of hydrogen-bond donors (Lipinski definition) is 1. The van der Waals surface area contributed by atoms with Gasteiger partial charge in [-0.25, -0.2) is 9.48 Å². The van der Waals surface area contributed by atoms with Crippen molar-refractivity contribution in [2.75, 3.05) is 26.2 Å². The lowest BCUT2D eigenvalue weighted by Gasteiger charge is -2.15. The molecule has 32 heavy (non-hydrogen) atoms. The number of esters is 1. The second kappa shape index (κ2) is 10.2. The van der Waals surface area contributed by atoms with Gasteiger partial charge in [-0.05, 0) is 36.4 Å². The molecule has 0 saturated carbocycles. The van der Waals surface area contributed by atoms with E-state index in [1.165, 1.54) is 16.0 Å². The number of amides is 2. The van der Waals surface area contributed by atoms with E-state index >= 15 is 0 Å². The van der Waals surface area contributed by atoms with Gasteiger partial charge in [-0.3, -0.25) is 9.59 Å². The molecule has 1 fully saturated rings. The van der Waals surface area contributed by atoms with E-state index in [9.17, 15) is 14.4 Å². The van der Waals surface area contributed by atoms with Crippen LogP contribution >= 0.6 is 11.3 Å². The van der Waals surface area contributed by atoms with Gasteiger partial charge in [0.25, 0.3) is 5.91 Å². The predicted molar refractivity (Wildman–Crippen MR) is 121 cm³/mol. The van der Waals surface area contributed by atoms with Crippen molar-refractivity contribution in [2.45, 2.75) is 19.3 Å². The molecule has 1 N–H and O–H groups in total. The van der Waals surface area contributed by atoms with Crippen molar-refractivity contribution in [1.82, 2.24) is 20.0 Å². The van der Waals surface area contributed by atoms with Gasteiger partial charge in [-0.15, -0.1) is 11.3 Å². The zero-order valence-electron chi connectivity index (χ0n) is 17.5. The summed E-state index contributed by atoms with van der Waals surface area (Å²) in [6.45, 7) is 1.45. The van der Waals surface area contributed by atoms with E-state index in [0.717, 1.165) is 23.5 Å². The average Bonchev–Trinajstić information content (AvgIpc) is 3.56. The van der Waals surface area contributed by atoms with E-state index in [4.69, 9.17) is 4.74 Å². The van der Waals surface area contributed by atoms with Crippen LogP contribution in [0.4, 0.5) is 0 Å². The van der Waals surface area contributed by atoms with Gasteiger partial charge in [0.1, 0.15) is 5.69 Å². The summed E-state index contributed by atoms with van der Waals surface area (Å²) in [5.41, 5.74) is 1.64. The Morgan fingerprint density at radius 1 is 1.16 bits per heavy atom. The number of carbonyl (C=O) groups excluding carboxylic acids is 3. The van der Waals surface area contributed by atoms with Crippen molar-refractivity contribution in [3.05, 3.63) is 59.6 Å². The number of benzene rings is 1. The predicted octanol–water partition coefficient (Wildman–Crippen LogP) is 2.89. The Balaban J connectivity index is 1.34. The third-order valence-electron chi connectivity index (χ3n) is 5.13. The number of likely N-dealkylation sites (tertiary alicyclic amines) is 1. The zero-order valence-corrected chi connectivity index (χ0v) is 18.3. The Labute approximate surface area is 189 Å². The quantitative estimate of drug-likeness (QED) is 0.398. The molecule has 0 unspecified atom stereocenters. The maximum absolute atomic E-state index is 12.8. The lowest BCUT2D eigenvalue weighted by atomic mass is 10.3. The summed E-state index contributed by atoms with van der Waals surface area (Å²) in [4.78, 5) is 39.2. The number of rotatable bonds is 9. The van der Waals surface area contributed by atoms with Crippen LogP contribution in [0, 0.1) is 0 Å². The summed E-state index contributed by atoms with van der Waals surface area (Å²) in [6, 6.07) is 14.8. The molecule has 0 atom stereocenters. The van der Waals surface area contributed by atoms with E-state index in [2.05, 4.69) is 10.4 Å². The zero-order chi connectivity index (χ0) is 22.3. The van der Waals surface area contributed by atoms with Gasteiger partial charge in [0.15, 0.2) is 12.3 Å². The molecule has 1 aliphatic heterocycles. The molecule has 1 aliphatic rings. The average molecular weight is 453 g/mol.